The monoisotopic (exact) mass is 276 g/mol. The van der Waals surface area contributed by atoms with E-state index < -0.39 is 0 Å². The zero-order valence-electron chi connectivity index (χ0n) is 9.55. The zero-order valence-corrected chi connectivity index (χ0v) is 11.1. The molecule has 17 heavy (non-hydrogen) atoms. The molecule has 1 amide bonds. The van der Waals surface area contributed by atoms with Crippen LogP contribution in [0.4, 0.5) is 5.69 Å². The van der Waals surface area contributed by atoms with Crippen molar-refractivity contribution in [3.63, 3.8) is 0 Å². The van der Waals surface area contributed by atoms with Crippen LogP contribution in [-0.2, 0) is 4.79 Å². The van der Waals surface area contributed by atoms with Crippen molar-refractivity contribution >= 4 is 34.8 Å². The maximum atomic E-state index is 11.5. The predicted molar refractivity (Wildman–Crippen MR) is 69.9 cm³/mol. The number of hydrogen-bond donors (Lipinski definition) is 3. The lowest BCUT2D eigenvalue weighted by molar-refractivity contribution is -0.115. The van der Waals surface area contributed by atoms with Crippen molar-refractivity contribution in [2.75, 3.05) is 11.9 Å². The predicted octanol–water partition coefficient (Wildman–Crippen LogP) is 2.64. The molecule has 0 atom stereocenters. The van der Waals surface area contributed by atoms with Crippen LogP contribution in [0.25, 0.3) is 0 Å². The van der Waals surface area contributed by atoms with Gasteiger partial charge in [0, 0.05) is 11.7 Å². The summed E-state index contributed by atoms with van der Waals surface area (Å²) in [6.45, 7) is 4.09. The molecule has 94 valence electrons. The summed E-state index contributed by atoms with van der Waals surface area (Å²) < 4.78 is 0. The largest absolute Gasteiger partial charge is 0.505 e. The number of aromatic hydroxyl groups is 1. The van der Waals surface area contributed by atoms with Gasteiger partial charge in [-0.15, -0.1) is 0 Å². The Morgan fingerprint density at radius 3 is 2.35 bits per heavy atom. The number of hydrogen-bond acceptors (Lipinski definition) is 3. The molecule has 6 heteroatoms. The molecule has 0 radical (unpaired) electrons. The van der Waals surface area contributed by atoms with Gasteiger partial charge in [0.05, 0.1) is 16.6 Å². The Kier molecular flexibility index (Phi) is 5.05. The van der Waals surface area contributed by atoms with E-state index in [4.69, 9.17) is 23.2 Å². The van der Waals surface area contributed by atoms with Crippen molar-refractivity contribution in [3.05, 3.63) is 22.2 Å². The van der Waals surface area contributed by atoms with Gasteiger partial charge >= 0.3 is 0 Å². The first-order valence-electron chi connectivity index (χ1n) is 5.11. The van der Waals surface area contributed by atoms with Gasteiger partial charge in [-0.2, -0.15) is 0 Å². The molecule has 4 nitrogen and oxygen atoms in total. The Labute approximate surface area is 110 Å². The molecule has 1 aromatic carbocycles. The summed E-state index contributed by atoms with van der Waals surface area (Å²) in [5.41, 5.74) is 0.452. The first kappa shape index (κ1) is 14.1. The first-order chi connectivity index (χ1) is 7.90. The summed E-state index contributed by atoms with van der Waals surface area (Å²) in [6.07, 6.45) is 0. The lowest BCUT2D eigenvalue weighted by Crippen LogP contribution is -2.32. The van der Waals surface area contributed by atoms with Crippen LogP contribution >= 0.6 is 23.2 Å². The number of benzene rings is 1. The van der Waals surface area contributed by atoms with Gasteiger partial charge in [-0.1, -0.05) is 37.0 Å². The molecule has 3 N–H and O–H groups in total. The highest BCUT2D eigenvalue weighted by Gasteiger charge is 2.09. The van der Waals surface area contributed by atoms with Gasteiger partial charge in [0.15, 0.2) is 5.75 Å². The van der Waals surface area contributed by atoms with E-state index in [2.05, 4.69) is 10.6 Å². The van der Waals surface area contributed by atoms with Crippen LogP contribution in [-0.4, -0.2) is 23.6 Å². The molecule has 0 aliphatic rings. The average molecular weight is 277 g/mol. The standard InChI is InChI=1S/C11H14Cl2N2O2/c1-6(2)14-5-10(16)15-7-3-8(12)11(17)9(13)4-7/h3-4,6,14,17H,5H2,1-2H3,(H,15,16). The van der Waals surface area contributed by atoms with Crippen LogP contribution < -0.4 is 10.6 Å². The van der Waals surface area contributed by atoms with Gasteiger partial charge in [-0.3, -0.25) is 4.79 Å². The van der Waals surface area contributed by atoms with E-state index in [1.54, 1.807) is 0 Å². The van der Waals surface area contributed by atoms with Crippen LogP contribution in [0.1, 0.15) is 13.8 Å². The third-order valence-corrected chi connectivity index (χ3v) is 2.55. The van der Waals surface area contributed by atoms with E-state index in [9.17, 15) is 9.90 Å². The van der Waals surface area contributed by atoms with Crippen LogP contribution in [0, 0.1) is 0 Å². The summed E-state index contributed by atoms with van der Waals surface area (Å²) in [5, 5.41) is 15.2. The van der Waals surface area contributed by atoms with E-state index in [0.29, 0.717) is 5.69 Å². The third kappa shape index (κ3) is 4.42. The van der Waals surface area contributed by atoms with Crippen LogP contribution in [0.15, 0.2) is 12.1 Å². The molecule has 0 heterocycles. The van der Waals surface area contributed by atoms with Crippen LogP contribution in [0.3, 0.4) is 0 Å². The Morgan fingerprint density at radius 2 is 1.88 bits per heavy atom. The number of phenols is 1. The molecule has 0 saturated carbocycles. The highest BCUT2D eigenvalue weighted by Crippen LogP contribution is 2.34. The van der Waals surface area contributed by atoms with Gasteiger partial charge < -0.3 is 15.7 Å². The molecule has 0 aromatic heterocycles. The van der Waals surface area contributed by atoms with E-state index in [1.165, 1.54) is 12.1 Å². The minimum absolute atomic E-state index is 0.101. The quantitative estimate of drug-likeness (QED) is 0.741. The van der Waals surface area contributed by atoms with Crippen molar-refractivity contribution < 1.29 is 9.90 Å². The molecular weight excluding hydrogens is 263 g/mol. The molecule has 0 spiro atoms. The number of phenolic OH excluding ortho intramolecular Hbond substituents is 1. The topological polar surface area (TPSA) is 61.4 Å². The van der Waals surface area contributed by atoms with Crippen LogP contribution in [0.5, 0.6) is 5.75 Å². The number of anilines is 1. The number of carbonyl (C=O) groups is 1. The normalized spacial score (nSPS) is 10.6. The third-order valence-electron chi connectivity index (χ3n) is 1.97. The highest BCUT2D eigenvalue weighted by atomic mass is 35.5. The molecule has 0 aliphatic heterocycles. The fraction of sp³-hybridized carbons (Fsp3) is 0.364. The lowest BCUT2D eigenvalue weighted by atomic mass is 10.3. The SMILES string of the molecule is CC(C)NCC(=O)Nc1cc(Cl)c(O)c(Cl)c1. The fourth-order valence-corrected chi connectivity index (χ4v) is 1.63. The fourth-order valence-electron chi connectivity index (χ4n) is 1.14. The van der Waals surface area contributed by atoms with Gasteiger partial charge in [0.25, 0.3) is 0 Å². The van der Waals surface area contributed by atoms with Gasteiger partial charge in [0.2, 0.25) is 5.91 Å². The van der Waals surface area contributed by atoms with Crippen molar-refractivity contribution in [1.29, 1.82) is 0 Å². The van der Waals surface area contributed by atoms with E-state index in [-0.39, 0.29) is 34.3 Å². The van der Waals surface area contributed by atoms with Gasteiger partial charge in [0.1, 0.15) is 0 Å². The molecule has 1 aromatic rings. The summed E-state index contributed by atoms with van der Waals surface area (Å²) in [5.74, 6) is -0.386. The Balaban J connectivity index is 2.66. The number of nitrogens with one attached hydrogen (secondary N) is 2. The Morgan fingerprint density at radius 1 is 1.35 bits per heavy atom. The summed E-state index contributed by atoms with van der Waals surface area (Å²) in [7, 11) is 0. The van der Waals surface area contributed by atoms with Gasteiger partial charge in [-0.05, 0) is 12.1 Å². The molecule has 0 bridgehead atoms. The first-order valence-corrected chi connectivity index (χ1v) is 5.87. The molecule has 0 fully saturated rings. The maximum absolute atomic E-state index is 11.5. The number of halogens is 2. The van der Waals surface area contributed by atoms with E-state index >= 15 is 0 Å². The summed E-state index contributed by atoms with van der Waals surface area (Å²) in [4.78, 5) is 11.5. The molecule has 0 saturated heterocycles. The number of amides is 1. The summed E-state index contributed by atoms with van der Waals surface area (Å²) >= 11 is 11.5. The highest BCUT2D eigenvalue weighted by molar-refractivity contribution is 6.37. The van der Waals surface area contributed by atoms with Crippen molar-refractivity contribution in [2.45, 2.75) is 19.9 Å². The molecule has 0 aliphatic carbocycles. The minimum Gasteiger partial charge on any atom is -0.505 e. The number of carbonyl (C=O) groups excluding carboxylic acids is 1. The average Bonchev–Trinajstić information content (AvgIpc) is 2.23. The Hall–Kier alpha value is -0.970. The second-order valence-electron chi connectivity index (χ2n) is 3.87. The molecule has 0 unspecified atom stereocenters. The van der Waals surface area contributed by atoms with Crippen molar-refractivity contribution in [1.82, 2.24) is 5.32 Å². The Bertz CT molecular complexity index is 399. The van der Waals surface area contributed by atoms with Gasteiger partial charge in [-0.25, -0.2) is 0 Å². The second-order valence-corrected chi connectivity index (χ2v) is 4.69. The molecule has 1 rings (SSSR count). The van der Waals surface area contributed by atoms with Crippen molar-refractivity contribution in [2.24, 2.45) is 0 Å². The molecular formula is C11H14Cl2N2O2. The lowest BCUT2D eigenvalue weighted by Gasteiger charge is -2.10. The van der Waals surface area contributed by atoms with E-state index in [0.717, 1.165) is 0 Å². The van der Waals surface area contributed by atoms with Crippen LogP contribution in [0.2, 0.25) is 10.0 Å². The maximum Gasteiger partial charge on any atom is 0.238 e. The number of rotatable bonds is 4. The summed E-state index contributed by atoms with van der Waals surface area (Å²) in [6, 6.07) is 3.11. The van der Waals surface area contributed by atoms with E-state index in [1.807, 2.05) is 13.8 Å². The second kappa shape index (κ2) is 6.10. The van der Waals surface area contributed by atoms with Crippen molar-refractivity contribution in [3.8, 4) is 5.75 Å². The zero-order chi connectivity index (χ0) is 13.0. The minimum atomic E-state index is -0.198. The smallest absolute Gasteiger partial charge is 0.238 e.